The van der Waals surface area contributed by atoms with Gasteiger partial charge in [-0.05, 0) is 30.7 Å². The van der Waals surface area contributed by atoms with Gasteiger partial charge in [0.05, 0.1) is 23.4 Å². The summed E-state index contributed by atoms with van der Waals surface area (Å²) in [6.45, 7) is 2.08. The number of methoxy groups -OCH3 is 1. The predicted octanol–water partition coefficient (Wildman–Crippen LogP) is 3.60. The van der Waals surface area contributed by atoms with E-state index < -0.39 is 0 Å². The molecule has 8 heteroatoms. The molecule has 0 radical (unpaired) electrons. The molecular formula is C20H21N3O3S2. The summed E-state index contributed by atoms with van der Waals surface area (Å²) in [6, 6.07) is 11.5. The van der Waals surface area contributed by atoms with Crippen LogP contribution in [-0.2, 0) is 11.2 Å². The van der Waals surface area contributed by atoms with Crippen molar-refractivity contribution in [1.29, 1.82) is 0 Å². The van der Waals surface area contributed by atoms with Crippen LogP contribution >= 0.6 is 23.1 Å². The summed E-state index contributed by atoms with van der Waals surface area (Å²) >= 11 is 2.88. The maximum Gasteiger partial charge on any atom is 0.216 e. The number of ketones is 1. The Labute approximate surface area is 171 Å². The molecule has 0 aliphatic rings. The Morgan fingerprint density at radius 1 is 1.29 bits per heavy atom. The minimum Gasteiger partial charge on any atom is -0.497 e. The number of nitrogens with zero attached hydrogens (tertiary/aromatic N) is 2. The van der Waals surface area contributed by atoms with Crippen LogP contribution in [0.3, 0.4) is 0 Å². The molecule has 3 rings (SSSR count). The van der Waals surface area contributed by atoms with Crippen LogP contribution in [0.1, 0.15) is 21.5 Å². The van der Waals surface area contributed by atoms with E-state index in [2.05, 4.69) is 10.3 Å². The number of thioether (sulfide) groups is 1. The third-order valence-corrected chi connectivity index (χ3v) is 6.11. The average Bonchev–Trinajstić information content (AvgIpc) is 3.35. The van der Waals surface area contributed by atoms with Crippen molar-refractivity contribution in [2.24, 2.45) is 0 Å². The Kier molecular flexibility index (Phi) is 6.89. The molecule has 1 amide bonds. The van der Waals surface area contributed by atoms with Crippen LogP contribution in [0.4, 0.5) is 0 Å². The molecule has 0 saturated carbocycles. The molecule has 0 atom stereocenters. The van der Waals surface area contributed by atoms with Gasteiger partial charge in [-0.25, -0.2) is 4.98 Å². The number of ether oxygens (including phenoxy) is 1. The van der Waals surface area contributed by atoms with Gasteiger partial charge in [-0.3, -0.25) is 14.2 Å². The van der Waals surface area contributed by atoms with Gasteiger partial charge in [-0.1, -0.05) is 17.8 Å². The summed E-state index contributed by atoms with van der Waals surface area (Å²) in [7, 11) is 1.63. The van der Waals surface area contributed by atoms with Gasteiger partial charge in [0.25, 0.3) is 0 Å². The van der Waals surface area contributed by atoms with Crippen molar-refractivity contribution in [3.63, 3.8) is 0 Å². The van der Waals surface area contributed by atoms with E-state index in [1.807, 2.05) is 47.2 Å². The summed E-state index contributed by atoms with van der Waals surface area (Å²) in [5.74, 6) is 1.10. The van der Waals surface area contributed by atoms with Crippen molar-refractivity contribution >= 4 is 34.8 Å². The van der Waals surface area contributed by atoms with Crippen molar-refractivity contribution in [1.82, 2.24) is 14.9 Å². The fourth-order valence-corrected chi connectivity index (χ4v) is 4.47. The third-order valence-electron chi connectivity index (χ3n) is 3.95. The van der Waals surface area contributed by atoms with Gasteiger partial charge in [0.1, 0.15) is 5.75 Å². The van der Waals surface area contributed by atoms with Gasteiger partial charge in [0, 0.05) is 36.8 Å². The van der Waals surface area contributed by atoms with Crippen molar-refractivity contribution < 1.29 is 14.3 Å². The van der Waals surface area contributed by atoms with Crippen molar-refractivity contribution in [2.45, 2.75) is 18.5 Å². The van der Waals surface area contributed by atoms with Gasteiger partial charge in [-0.15, -0.1) is 11.3 Å². The molecule has 2 aromatic heterocycles. The number of rotatable bonds is 9. The maximum atomic E-state index is 12.5. The number of hydrogen-bond acceptors (Lipinski definition) is 6. The number of imidazole rings is 1. The van der Waals surface area contributed by atoms with Crippen molar-refractivity contribution in [3.8, 4) is 11.4 Å². The van der Waals surface area contributed by atoms with Crippen LogP contribution in [0.2, 0.25) is 0 Å². The van der Waals surface area contributed by atoms with E-state index in [0.29, 0.717) is 12.3 Å². The number of amides is 1. The molecule has 146 valence electrons. The summed E-state index contributed by atoms with van der Waals surface area (Å²) in [4.78, 5) is 29.7. The fraction of sp³-hybridized carbons (Fsp3) is 0.250. The van der Waals surface area contributed by atoms with E-state index in [-0.39, 0.29) is 11.7 Å². The molecule has 0 aliphatic carbocycles. The number of aromatic nitrogens is 2. The normalized spacial score (nSPS) is 10.6. The molecule has 1 N–H and O–H groups in total. The standard InChI is InChI=1S/C20H21N3O3S2/c1-14(24)21-9-8-17-6-7-19(28-17)18(25)13-27-20-22-10-11-23(20)15-4-3-5-16(12-15)26-2/h3-7,10-12H,8-9,13H2,1-2H3,(H,21,24). The van der Waals surface area contributed by atoms with E-state index in [1.54, 1.807) is 13.3 Å². The van der Waals surface area contributed by atoms with Gasteiger partial charge in [0.2, 0.25) is 5.91 Å². The lowest BCUT2D eigenvalue weighted by Crippen LogP contribution is -2.22. The van der Waals surface area contributed by atoms with Crippen molar-refractivity contribution in [3.05, 3.63) is 58.5 Å². The first-order valence-corrected chi connectivity index (χ1v) is 10.5. The fourth-order valence-electron chi connectivity index (χ4n) is 2.58. The highest BCUT2D eigenvalue weighted by Gasteiger charge is 2.13. The molecule has 2 heterocycles. The number of hydrogen-bond donors (Lipinski definition) is 1. The Bertz CT molecular complexity index is 965. The van der Waals surface area contributed by atoms with Gasteiger partial charge < -0.3 is 10.1 Å². The van der Waals surface area contributed by atoms with Crippen LogP contribution in [0.25, 0.3) is 5.69 Å². The van der Waals surface area contributed by atoms with E-state index in [9.17, 15) is 9.59 Å². The highest BCUT2D eigenvalue weighted by Crippen LogP contribution is 2.25. The Morgan fingerprint density at radius 2 is 2.14 bits per heavy atom. The summed E-state index contributed by atoms with van der Waals surface area (Å²) < 4.78 is 7.21. The number of carbonyl (C=O) groups excluding carboxylic acids is 2. The second kappa shape index (κ2) is 9.57. The van der Waals surface area contributed by atoms with Gasteiger partial charge in [0.15, 0.2) is 10.9 Å². The Hall–Kier alpha value is -2.58. The van der Waals surface area contributed by atoms with Crippen LogP contribution < -0.4 is 10.1 Å². The largest absolute Gasteiger partial charge is 0.497 e. The SMILES string of the molecule is COc1cccc(-n2ccnc2SCC(=O)c2ccc(CCNC(C)=O)s2)c1. The second-order valence-electron chi connectivity index (χ2n) is 5.99. The second-order valence-corrected chi connectivity index (χ2v) is 8.10. The zero-order valence-electron chi connectivity index (χ0n) is 15.7. The number of nitrogens with one attached hydrogen (secondary N) is 1. The molecule has 0 saturated heterocycles. The third kappa shape index (κ3) is 5.24. The highest BCUT2D eigenvalue weighted by atomic mass is 32.2. The topological polar surface area (TPSA) is 73.2 Å². The summed E-state index contributed by atoms with van der Waals surface area (Å²) in [5, 5.41) is 3.52. The Balaban J connectivity index is 1.60. The number of benzene rings is 1. The number of thiophene rings is 1. The lowest BCUT2D eigenvalue weighted by Gasteiger charge is -2.08. The van der Waals surface area contributed by atoms with E-state index in [0.717, 1.165) is 32.8 Å². The molecule has 0 bridgehead atoms. The molecule has 0 fully saturated rings. The zero-order chi connectivity index (χ0) is 19.9. The first-order chi connectivity index (χ1) is 13.6. The first kappa shape index (κ1) is 20.2. The van der Waals surface area contributed by atoms with Gasteiger partial charge in [-0.2, -0.15) is 0 Å². The van der Waals surface area contributed by atoms with E-state index in [1.165, 1.54) is 30.0 Å². The smallest absolute Gasteiger partial charge is 0.216 e. The first-order valence-electron chi connectivity index (χ1n) is 8.73. The van der Waals surface area contributed by atoms with Crippen LogP contribution in [0.15, 0.2) is 53.9 Å². The molecule has 0 aliphatic heterocycles. The highest BCUT2D eigenvalue weighted by molar-refractivity contribution is 7.99. The van der Waals surface area contributed by atoms with Crippen LogP contribution in [0, 0.1) is 0 Å². The quantitative estimate of drug-likeness (QED) is 0.427. The Morgan fingerprint density at radius 3 is 2.93 bits per heavy atom. The summed E-state index contributed by atoms with van der Waals surface area (Å²) in [6.07, 6.45) is 4.31. The van der Waals surface area contributed by atoms with Crippen LogP contribution in [0.5, 0.6) is 5.75 Å². The van der Waals surface area contributed by atoms with Crippen molar-refractivity contribution in [2.75, 3.05) is 19.4 Å². The monoisotopic (exact) mass is 415 g/mol. The predicted molar refractivity (Wildman–Crippen MR) is 112 cm³/mol. The van der Waals surface area contributed by atoms with Gasteiger partial charge >= 0.3 is 0 Å². The van der Waals surface area contributed by atoms with E-state index in [4.69, 9.17) is 4.74 Å². The molecule has 6 nitrogen and oxygen atoms in total. The molecule has 28 heavy (non-hydrogen) atoms. The zero-order valence-corrected chi connectivity index (χ0v) is 17.3. The molecule has 0 spiro atoms. The molecule has 3 aromatic rings. The summed E-state index contributed by atoms with van der Waals surface area (Å²) in [5.41, 5.74) is 0.934. The molecule has 1 aromatic carbocycles. The average molecular weight is 416 g/mol. The number of Topliss-reactive ketones (excluding diaryl/α,β-unsaturated/α-hetero) is 1. The van der Waals surface area contributed by atoms with E-state index >= 15 is 0 Å². The molecular weight excluding hydrogens is 394 g/mol. The van der Waals surface area contributed by atoms with Crippen LogP contribution in [-0.4, -0.2) is 40.6 Å². The minimum absolute atomic E-state index is 0.0456. The lowest BCUT2D eigenvalue weighted by atomic mass is 10.3. The maximum absolute atomic E-state index is 12.5. The lowest BCUT2D eigenvalue weighted by molar-refractivity contribution is -0.118. The molecule has 0 unspecified atom stereocenters. The minimum atomic E-state index is -0.0456. The number of carbonyl (C=O) groups is 2.